The molecule has 0 N–H and O–H groups in total. The summed E-state index contributed by atoms with van der Waals surface area (Å²) in [5, 5.41) is 0. The van der Waals surface area contributed by atoms with E-state index in [1.807, 2.05) is 36.8 Å². The van der Waals surface area contributed by atoms with Crippen LogP contribution >= 0.6 is 0 Å². The molecule has 0 aliphatic carbocycles. The third-order valence-corrected chi connectivity index (χ3v) is 4.87. The van der Waals surface area contributed by atoms with Crippen molar-refractivity contribution in [2.24, 2.45) is 0 Å². The number of aromatic nitrogens is 2. The van der Waals surface area contributed by atoms with Crippen LogP contribution in [0.1, 0.15) is 41.7 Å². The summed E-state index contributed by atoms with van der Waals surface area (Å²) in [6, 6.07) is 12.4. The van der Waals surface area contributed by atoms with Crippen molar-refractivity contribution in [2.75, 3.05) is 13.7 Å². The Kier molecular flexibility index (Phi) is 4.97. The molecule has 1 fully saturated rings. The molecule has 5 heteroatoms. The molecule has 1 atom stereocenters. The Morgan fingerprint density at radius 3 is 2.81 bits per heavy atom. The Balaban J connectivity index is 1.44. The molecular formula is C21H23N3O2. The van der Waals surface area contributed by atoms with Crippen molar-refractivity contribution in [3.05, 3.63) is 77.8 Å². The quantitative estimate of drug-likeness (QED) is 0.673. The van der Waals surface area contributed by atoms with Crippen LogP contribution in [0.15, 0.2) is 59.4 Å². The summed E-state index contributed by atoms with van der Waals surface area (Å²) in [6.07, 6.45) is 8.60. The highest BCUT2D eigenvalue weighted by Gasteiger charge is 2.29. The average Bonchev–Trinajstić information content (AvgIpc) is 3.32. The molecule has 26 heavy (non-hydrogen) atoms. The summed E-state index contributed by atoms with van der Waals surface area (Å²) in [4.78, 5) is 11.2. The van der Waals surface area contributed by atoms with Gasteiger partial charge in [0.2, 0.25) is 5.89 Å². The minimum Gasteiger partial charge on any atom is -0.497 e. The number of nitrogens with zero attached hydrogens (tertiary/aromatic N) is 3. The van der Waals surface area contributed by atoms with Gasteiger partial charge in [-0.25, -0.2) is 4.98 Å². The number of oxazole rings is 1. The minimum atomic E-state index is 0.250. The molecule has 1 aliphatic rings. The molecular weight excluding hydrogens is 326 g/mol. The maximum Gasteiger partial charge on any atom is 0.211 e. The molecule has 3 aromatic rings. The highest BCUT2D eigenvalue weighted by atomic mass is 16.5. The van der Waals surface area contributed by atoms with Gasteiger partial charge in [0.15, 0.2) is 0 Å². The molecule has 0 saturated carbocycles. The zero-order valence-electron chi connectivity index (χ0n) is 15.0. The van der Waals surface area contributed by atoms with Gasteiger partial charge in [-0.15, -0.1) is 0 Å². The van der Waals surface area contributed by atoms with Crippen LogP contribution in [-0.4, -0.2) is 28.5 Å². The number of methoxy groups -OCH3 is 1. The number of ether oxygens (including phenoxy) is 1. The van der Waals surface area contributed by atoms with Gasteiger partial charge in [0.1, 0.15) is 11.5 Å². The molecule has 0 amide bonds. The van der Waals surface area contributed by atoms with Crippen molar-refractivity contribution in [3.63, 3.8) is 0 Å². The van der Waals surface area contributed by atoms with Gasteiger partial charge in [-0.2, -0.15) is 0 Å². The summed E-state index contributed by atoms with van der Waals surface area (Å²) in [5.74, 6) is 2.59. The van der Waals surface area contributed by atoms with Gasteiger partial charge in [-0.05, 0) is 48.7 Å². The molecule has 0 radical (unpaired) electrons. The zero-order valence-corrected chi connectivity index (χ0v) is 15.0. The largest absolute Gasteiger partial charge is 0.497 e. The van der Waals surface area contributed by atoms with Crippen LogP contribution in [0.5, 0.6) is 5.75 Å². The topological polar surface area (TPSA) is 51.4 Å². The fraction of sp³-hybridized carbons (Fsp3) is 0.333. The van der Waals surface area contributed by atoms with Crippen molar-refractivity contribution in [2.45, 2.75) is 31.8 Å². The molecule has 1 aromatic carbocycles. The van der Waals surface area contributed by atoms with Crippen LogP contribution in [0.3, 0.4) is 0 Å². The molecule has 1 saturated heterocycles. The number of hydrogen-bond donors (Lipinski definition) is 0. The number of benzene rings is 1. The van der Waals surface area contributed by atoms with Crippen molar-refractivity contribution >= 4 is 0 Å². The van der Waals surface area contributed by atoms with Crippen LogP contribution in [-0.2, 0) is 13.0 Å². The van der Waals surface area contributed by atoms with E-state index >= 15 is 0 Å². The Labute approximate surface area is 153 Å². The maximum atomic E-state index is 6.10. The molecule has 3 heterocycles. The first kappa shape index (κ1) is 16.8. The second-order valence-electron chi connectivity index (χ2n) is 6.68. The molecule has 1 aliphatic heterocycles. The number of pyridine rings is 1. The Morgan fingerprint density at radius 2 is 2.04 bits per heavy atom. The molecule has 4 rings (SSSR count). The van der Waals surface area contributed by atoms with Gasteiger partial charge < -0.3 is 9.15 Å². The van der Waals surface area contributed by atoms with Gasteiger partial charge >= 0.3 is 0 Å². The fourth-order valence-corrected chi connectivity index (χ4v) is 3.52. The third-order valence-electron chi connectivity index (χ3n) is 4.87. The van der Waals surface area contributed by atoms with E-state index in [2.05, 4.69) is 33.1 Å². The van der Waals surface area contributed by atoms with Crippen LogP contribution < -0.4 is 4.74 Å². The van der Waals surface area contributed by atoms with E-state index in [1.54, 1.807) is 7.11 Å². The van der Waals surface area contributed by atoms with E-state index < -0.39 is 0 Å². The minimum absolute atomic E-state index is 0.250. The van der Waals surface area contributed by atoms with E-state index in [9.17, 15) is 0 Å². The summed E-state index contributed by atoms with van der Waals surface area (Å²) < 4.78 is 11.3. The van der Waals surface area contributed by atoms with Gasteiger partial charge in [-0.1, -0.05) is 18.2 Å². The molecule has 2 aromatic heterocycles. The lowest BCUT2D eigenvalue weighted by Gasteiger charge is -2.21. The number of rotatable bonds is 6. The monoisotopic (exact) mass is 349 g/mol. The van der Waals surface area contributed by atoms with Crippen molar-refractivity contribution < 1.29 is 9.15 Å². The zero-order chi connectivity index (χ0) is 17.8. The van der Waals surface area contributed by atoms with E-state index in [4.69, 9.17) is 9.15 Å². The molecule has 0 bridgehead atoms. The smallest absolute Gasteiger partial charge is 0.211 e. The van der Waals surface area contributed by atoms with E-state index in [1.165, 1.54) is 17.5 Å². The fourth-order valence-electron chi connectivity index (χ4n) is 3.52. The van der Waals surface area contributed by atoms with Gasteiger partial charge in [0, 0.05) is 25.4 Å². The molecule has 134 valence electrons. The first-order chi connectivity index (χ1) is 12.8. The first-order valence-corrected chi connectivity index (χ1v) is 9.02. The summed E-state index contributed by atoms with van der Waals surface area (Å²) in [7, 11) is 1.68. The third kappa shape index (κ3) is 3.78. The van der Waals surface area contributed by atoms with Gasteiger partial charge in [0.25, 0.3) is 0 Å². The second-order valence-corrected chi connectivity index (χ2v) is 6.68. The lowest BCUT2D eigenvalue weighted by Crippen LogP contribution is -2.23. The van der Waals surface area contributed by atoms with Gasteiger partial charge in [-0.3, -0.25) is 9.88 Å². The first-order valence-electron chi connectivity index (χ1n) is 9.02. The maximum absolute atomic E-state index is 6.10. The van der Waals surface area contributed by atoms with Crippen LogP contribution in [0.4, 0.5) is 0 Å². The Hall–Kier alpha value is -2.66. The molecule has 0 unspecified atom stereocenters. The SMILES string of the molecule is COc1ccc(Cc2cnc([C@H]3CCCN3Cc3cccnc3)o2)cc1. The predicted octanol–water partition coefficient (Wildman–Crippen LogP) is 4.01. The standard InChI is InChI=1S/C21H23N3O2/c1-25-18-8-6-16(7-9-18)12-19-14-23-21(26-19)20-5-3-11-24(20)15-17-4-2-10-22-13-17/h2,4,6-10,13-14,20H,3,5,11-12,15H2,1H3/t20-/m1/s1. The normalized spacial score (nSPS) is 17.5. The summed E-state index contributed by atoms with van der Waals surface area (Å²) in [5.41, 5.74) is 2.41. The van der Waals surface area contributed by atoms with E-state index in [0.29, 0.717) is 0 Å². The lowest BCUT2D eigenvalue weighted by atomic mass is 10.1. The van der Waals surface area contributed by atoms with Crippen molar-refractivity contribution in [1.29, 1.82) is 0 Å². The van der Waals surface area contributed by atoms with E-state index in [-0.39, 0.29) is 6.04 Å². The summed E-state index contributed by atoms with van der Waals surface area (Å²) >= 11 is 0. The number of likely N-dealkylation sites (tertiary alicyclic amines) is 1. The highest BCUT2D eigenvalue weighted by molar-refractivity contribution is 5.29. The Morgan fingerprint density at radius 1 is 1.15 bits per heavy atom. The predicted molar refractivity (Wildman–Crippen MR) is 98.9 cm³/mol. The van der Waals surface area contributed by atoms with Gasteiger partial charge in [0.05, 0.1) is 19.3 Å². The lowest BCUT2D eigenvalue weighted by molar-refractivity contribution is 0.212. The van der Waals surface area contributed by atoms with Crippen LogP contribution in [0, 0.1) is 0 Å². The van der Waals surface area contributed by atoms with Crippen molar-refractivity contribution in [1.82, 2.24) is 14.9 Å². The highest BCUT2D eigenvalue weighted by Crippen LogP contribution is 2.33. The average molecular weight is 349 g/mol. The molecule has 5 nitrogen and oxygen atoms in total. The van der Waals surface area contributed by atoms with E-state index in [0.717, 1.165) is 43.3 Å². The van der Waals surface area contributed by atoms with Crippen LogP contribution in [0.2, 0.25) is 0 Å². The van der Waals surface area contributed by atoms with Crippen molar-refractivity contribution in [3.8, 4) is 5.75 Å². The molecule has 0 spiro atoms. The van der Waals surface area contributed by atoms with Crippen LogP contribution in [0.25, 0.3) is 0 Å². The second kappa shape index (κ2) is 7.70. The number of hydrogen-bond acceptors (Lipinski definition) is 5. The Bertz CT molecular complexity index is 830. The summed E-state index contributed by atoms with van der Waals surface area (Å²) in [6.45, 7) is 1.95.